The van der Waals surface area contributed by atoms with Crippen LogP contribution in [0.2, 0.25) is 0 Å². The summed E-state index contributed by atoms with van der Waals surface area (Å²) in [5.41, 5.74) is 3.30. The van der Waals surface area contributed by atoms with Crippen LogP contribution in [0.3, 0.4) is 0 Å². The van der Waals surface area contributed by atoms with Crippen LogP contribution in [-0.4, -0.2) is 21.1 Å². The second-order valence-electron chi connectivity index (χ2n) is 9.09. The van der Waals surface area contributed by atoms with Gasteiger partial charge in [0.2, 0.25) is 0 Å². The highest BCUT2D eigenvalue weighted by Crippen LogP contribution is 2.29. The molecule has 0 saturated heterocycles. The molecule has 5 nitrogen and oxygen atoms in total. The van der Waals surface area contributed by atoms with Crippen LogP contribution in [0.1, 0.15) is 43.1 Å². The van der Waals surface area contributed by atoms with Crippen molar-refractivity contribution in [3.63, 3.8) is 0 Å². The molecular weight excluding hydrogens is 398 g/mol. The van der Waals surface area contributed by atoms with E-state index in [4.69, 9.17) is 0 Å². The van der Waals surface area contributed by atoms with Gasteiger partial charge in [0.05, 0.1) is 5.56 Å². The average Bonchev–Trinajstić information content (AvgIpc) is 3.08. The minimum Gasteiger partial charge on any atom is -0.350 e. The maximum absolute atomic E-state index is 13.4. The molecule has 2 aromatic carbocycles. The van der Waals surface area contributed by atoms with Crippen molar-refractivity contribution in [1.82, 2.24) is 14.5 Å². The van der Waals surface area contributed by atoms with Crippen LogP contribution in [0, 0.1) is 5.92 Å². The second kappa shape index (κ2) is 9.03. The minimum absolute atomic E-state index is 0.0122. The number of aryl methyl sites for hydroxylation is 2. The zero-order valence-electron chi connectivity index (χ0n) is 19.3. The van der Waals surface area contributed by atoms with E-state index in [0.717, 1.165) is 29.1 Å². The lowest BCUT2D eigenvalue weighted by Crippen LogP contribution is -2.34. The predicted octanol–water partition coefficient (Wildman–Crippen LogP) is 4.90. The molecule has 2 heterocycles. The summed E-state index contributed by atoms with van der Waals surface area (Å²) >= 11 is 0. The van der Waals surface area contributed by atoms with Crippen molar-refractivity contribution in [2.45, 2.75) is 46.2 Å². The summed E-state index contributed by atoms with van der Waals surface area (Å²) in [5.74, 6) is 0.157. The third kappa shape index (κ3) is 4.20. The molecule has 0 aliphatic rings. The molecule has 2 aromatic heterocycles. The van der Waals surface area contributed by atoms with Crippen LogP contribution >= 0.6 is 0 Å². The highest BCUT2D eigenvalue weighted by molar-refractivity contribution is 6.17. The number of rotatable bonds is 7. The van der Waals surface area contributed by atoms with E-state index < -0.39 is 0 Å². The number of fused-ring (bicyclic) bond motifs is 3. The quantitative estimate of drug-likeness (QED) is 0.454. The molecule has 1 amide bonds. The highest BCUT2D eigenvalue weighted by atomic mass is 16.2. The van der Waals surface area contributed by atoms with Gasteiger partial charge < -0.3 is 14.5 Å². The molecule has 4 rings (SSSR count). The van der Waals surface area contributed by atoms with Crippen LogP contribution in [-0.2, 0) is 20.0 Å². The van der Waals surface area contributed by atoms with Gasteiger partial charge in [0, 0.05) is 42.1 Å². The van der Waals surface area contributed by atoms with Gasteiger partial charge in [0.15, 0.2) is 0 Å². The number of benzene rings is 2. The molecule has 1 unspecified atom stereocenters. The number of aromatic nitrogens is 2. The Morgan fingerprint density at radius 2 is 1.69 bits per heavy atom. The minimum atomic E-state index is -0.135. The monoisotopic (exact) mass is 429 g/mol. The summed E-state index contributed by atoms with van der Waals surface area (Å²) < 4.78 is 3.61. The Balaban J connectivity index is 1.73. The molecular formula is C27H31N3O2. The summed E-state index contributed by atoms with van der Waals surface area (Å²) in [5, 5.41) is 4.84. The molecule has 0 aliphatic carbocycles. The Kier molecular flexibility index (Phi) is 6.17. The number of carbonyl (C=O) groups excluding carboxylic acids is 1. The van der Waals surface area contributed by atoms with E-state index in [2.05, 4.69) is 31.3 Å². The smallest absolute Gasteiger partial charge is 0.275 e. The first-order valence-electron chi connectivity index (χ1n) is 11.3. The maximum Gasteiger partial charge on any atom is 0.275 e. The van der Waals surface area contributed by atoms with Gasteiger partial charge >= 0.3 is 0 Å². The maximum atomic E-state index is 13.4. The van der Waals surface area contributed by atoms with Crippen molar-refractivity contribution in [1.29, 1.82) is 0 Å². The summed E-state index contributed by atoms with van der Waals surface area (Å²) in [4.78, 5) is 26.8. The molecule has 0 saturated carbocycles. The van der Waals surface area contributed by atoms with E-state index >= 15 is 0 Å². The molecule has 0 spiro atoms. The van der Waals surface area contributed by atoms with Gasteiger partial charge in [-0.1, -0.05) is 62.4 Å². The summed E-state index contributed by atoms with van der Waals surface area (Å²) in [6.45, 7) is 6.75. The van der Waals surface area contributed by atoms with Crippen molar-refractivity contribution < 1.29 is 4.79 Å². The Morgan fingerprint density at radius 3 is 2.41 bits per heavy atom. The van der Waals surface area contributed by atoms with Crippen molar-refractivity contribution in [2.24, 2.45) is 13.0 Å². The third-order valence-corrected chi connectivity index (χ3v) is 6.02. The first-order valence-corrected chi connectivity index (χ1v) is 11.3. The molecule has 0 radical (unpaired) electrons. The number of carbonyl (C=O) groups is 1. The van der Waals surface area contributed by atoms with Gasteiger partial charge in [-0.2, -0.15) is 0 Å². The first kappa shape index (κ1) is 21.9. The van der Waals surface area contributed by atoms with E-state index in [-0.39, 0.29) is 17.5 Å². The number of nitrogens with one attached hydrogen (secondary N) is 1. The second-order valence-corrected chi connectivity index (χ2v) is 9.09. The fourth-order valence-electron chi connectivity index (χ4n) is 4.43. The Bertz CT molecular complexity index is 1320. The van der Waals surface area contributed by atoms with Crippen molar-refractivity contribution in [2.75, 3.05) is 0 Å². The number of nitrogens with zero attached hydrogens (tertiary/aromatic N) is 2. The molecule has 32 heavy (non-hydrogen) atoms. The molecule has 0 bridgehead atoms. The Morgan fingerprint density at radius 1 is 1.00 bits per heavy atom. The molecule has 166 valence electrons. The lowest BCUT2D eigenvalue weighted by atomic mass is 10.0. The summed E-state index contributed by atoms with van der Waals surface area (Å²) in [6.07, 6.45) is 3.50. The van der Waals surface area contributed by atoms with Gasteiger partial charge in [0.25, 0.3) is 11.5 Å². The standard InChI is InChI=1S/C27H31N3O2/c1-18(2)16-30-17-22(26(31)28-19(3)14-15-20-10-6-5-7-11-20)24-21-12-8-9-13-23(21)29(4)25(24)27(30)32/h5-13,17-19H,14-16H2,1-4H3,(H,28,31). The number of hydrogen-bond acceptors (Lipinski definition) is 2. The molecule has 1 N–H and O–H groups in total. The van der Waals surface area contributed by atoms with Gasteiger partial charge in [-0.05, 0) is 37.3 Å². The van der Waals surface area contributed by atoms with Crippen LogP contribution in [0.25, 0.3) is 21.8 Å². The van der Waals surface area contributed by atoms with Gasteiger partial charge in [-0.15, -0.1) is 0 Å². The largest absolute Gasteiger partial charge is 0.350 e. The lowest BCUT2D eigenvalue weighted by Gasteiger charge is -2.17. The van der Waals surface area contributed by atoms with Crippen molar-refractivity contribution in [3.05, 3.63) is 82.3 Å². The van der Waals surface area contributed by atoms with Crippen molar-refractivity contribution in [3.8, 4) is 0 Å². The predicted molar refractivity (Wildman–Crippen MR) is 131 cm³/mol. The Hall–Kier alpha value is -3.34. The first-order chi connectivity index (χ1) is 15.4. The molecule has 5 heteroatoms. The van der Waals surface area contributed by atoms with Crippen LogP contribution < -0.4 is 10.9 Å². The Labute approximate surface area is 188 Å². The number of amides is 1. The van der Waals surface area contributed by atoms with E-state index in [1.54, 1.807) is 10.8 Å². The average molecular weight is 430 g/mol. The molecule has 4 aromatic rings. The third-order valence-electron chi connectivity index (χ3n) is 6.02. The lowest BCUT2D eigenvalue weighted by molar-refractivity contribution is 0.0939. The molecule has 0 fully saturated rings. The van der Waals surface area contributed by atoms with Crippen LogP contribution in [0.4, 0.5) is 0 Å². The van der Waals surface area contributed by atoms with Gasteiger partial charge in [0.1, 0.15) is 5.52 Å². The van der Waals surface area contributed by atoms with Gasteiger partial charge in [-0.25, -0.2) is 0 Å². The van der Waals surface area contributed by atoms with Crippen LogP contribution in [0.15, 0.2) is 65.6 Å². The number of pyridine rings is 1. The SMILES string of the molecule is CC(C)Cn1cc(C(=O)NC(C)CCc2ccccc2)c2c3ccccc3n(C)c2c1=O. The van der Waals surface area contributed by atoms with E-state index in [1.165, 1.54) is 5.56 Å². The highest BCUT2D eigenvalue weighted by Gasteiger charge is 2.22. The van der Waals surface area contributed by atoms with E-state index in [0.29, 0.717) is 23.5 Å². The normalized spacial score (nSPS) is 12.5. The fraction of sp³-hybridized carbons (Fsp3) is 0.333. The van der Waals surface area contributed by atoms with Crippen molar-refractivity contribution >= 4 is 27.7 Å². The van der Waals surface area contributed by atoms with E-state index in [1.807, 2.05) is 61.0 Å². The number of para-hydroxylation sites is 1. The summed E-state index contributed by atoms with van der Waals surface area (Å²) in [6, 6.07) is 18.2. The molecule has 0 aliphatic heterocycles. The summed E-state index contributed by atoms with van der Waals surface area (Å²) in [7, 11) is 1.90. The van der Waals surface area contributed by atoms with Gasteiger partial charge in [-0.3, -0.25) is 9.59 Å². The van der Waals surface area contributed by atoms with E-state index in [9.17, 15) is 9.59 Å². The number of hydrogen-bond donors (Lipinski definition) is 1. The molecule has 1 atom stereocenters. The zero-order valence-corrected chi connectivity index (χ0v) is 19.3. The van der Waals surface area contributed by atoms with Crippen LogP contribution in [0.5, 0.6) is 0 Å². The fourth-order valence-corrected chi connectivity index (χ4v) is 4.43. The zero-order chi connectivity index (χ0) is 22.8. The topological polar surface area (TPSA) is 56.0 Å².